The number of phosphoric ester groups is 1. The molecule has 2 saturated heterocycles. The lowest BCUT2D eigenvalue weighted by atomic mass is 9.88. The Kier molecular flexibility index (Phi) is 11.8. The van der Waals surface area contributed by atoms with Crippen molar-refractivity contribution in [2.75, 3.05) is 18.9 Å². The van der Waals surface area contributed by atoms with Crippen LogP contribution in [0.3, 0.4) is 0 Å². The number of rotatable bonds is 14. The Morgan fingerprint density at radius 1 is 1.21 bits per heavy atom. The molecule has 2 aliphatic rings. The number of nitrogens with two attached hydrogens (primary N) is 1. The summed E-state index contributed by atoms with van der Waals surface area (Å²) in [6, 6.07) is 2.83. The number of nitrogens with zero attached hydrogens (tertiary/aromatic N) is 6. The van der Waals surface area contributed by atoms with Crippen LogP contribution in [-0.2, 0) is 39.2 Å². The Bertz CT molecular complexity index is 1830. The molecule has 11 N–H and O–H groups in total. The van der Waals surface area contributed by atoms with Gasteiger partial charge in [-0.1, -0.05) is 5.21 Å². The molecule has 1 amide bonds. The number of aliphatic hydroxyl groups excluding tert-OH is 6. The van der Waals surface area contributed by atoms with Crippen LogP contribution in [0.1, 0.15) is 12.6 Å². The third-order valence-corrected chi connectivity index (χ3v) is 9.07. The van der Waals surface area contributed by atoms with Crippen LogP contribution < -0.4 is 16.7 Å². The summed E-state index contributed by atoms with van der Waals surface area (Å²) < 4.78 is 35.5. The van der Waals surface area contributed by atoms with Crippen LogP contribution in [0.4, 0.5) is 5.82 Å². The summed E-state index contributed by atoms with van der Waals surface area (Å²) in [5, 5.41) is 82.6. The van der Waals surface area contributed by atoms with Crippen LogP contribution in [0.5, 0.6) is 0 Å². The summed E-state index contributed by atoms with van der Waals surface area (Å²) in [5.41, 5.74) is 5.44. The summed E-state index contributed by atoms with van der Waals surface area (Å²) in [6.45, 7) is -2.67. The van der Waals surface area contributed by atoms with Gasteiger partial charge in [0.2, 0.25) is 5.91 Å². The molecule has 25 heteroatoms. The van der Waals surface area contributed by atoms with Crippen molar-refractivity contribution in [1.29, 1.82) is 0 Å². The molecule has 3 aromatic rings. The van der Waals surface area contributed by atoms with Gasteiger partial charge in [-0.25, -0.2) is 23.4 Å². The predicted octanol–water partition coefficient (Wildman–Crippen LogP) is -4.94. The van der Waals surface area contributed by atoms with Gasteiger partial charge in [0.15, 0.2) is 6.23 Å². The number of aliphatic hydroxyl groups is 6. The Morgan fingerprint density at radius 2 is 1.96 bits per heavy atom. The molecule has 0 saturated carbocycles. The van der Waals surface area contributed by atoms with Crippen LogP contribution in [0.2, 0.25) is 0 Å². The van der Waals surface area contributed by atoms with Crippen LogP contribution in [0.25, 0.3) is 11.3 Å². The van der Waals surface area contributed by atoms with E-state index in [9.17, 15) is 59.6 Å². The summed E-state index contributed by atoms with van der Waals surface area (Å²) in [5.74, 6) is -6.44. The molecule has 24 nitrogen and oxygen atoms in total. The van der Waals surface area contributed by atoms with Gasteiger partial charge in [-0.05, 0) is 18.2 Å². The lowest BCUT2D eigenvalue weighted by molar-refractivity contribution is -0.289. The third-order valence-electron chi connectivity index (χ3n) is 8.07. The second-order valence-corrected chi connectivity index (χ2v) is 13.1. The molecule has 3 aromatic heterocycles. The van der Waals surface area contributed by atoms with Crippen molar-refractivity contribution in [3.05, 3.63) is 53.5 Å². The standard InChI is InChI=1S/C27H35N8O16P/c28-17-3-5-35(26(45)30-17)24-22(42)21(41)16(49-24)11-48-52(46,47)51-27(25(43)44)6-14(37)19(23(50-27)20(40)15(38)10-36)31-18(39)9-34-8-13(32-33-34)12-2-1-4-29-7-12/h1-5,7-8,14-16,19-24,36-38,40-42H,6,9-11H2,(H,31,39)(H,43,44)(H,46,47)(H2,28,30,45)/t14-,15+,16+,19+,20+,21+,22+,23+,24+,27+/m0/s1. The number of carboxylic acid groups (broad SMARTS) is 1. The number of ether oxygens (including phenoxy) is 2. The van der Waals surface area contributed by atoms with E-state index in [0.29, 0.717) is 11.3 Å². The van der Waals surface area contributed by atoms with Crippen molar-refractivity contribution >= 4 is 25.5 Å². The minimum absolute atomic E-state index is 0.146. The number of aliphatic carboxylic acids is 1. The molecule has 0 aromatic carbocycles. The van der Waals surface area contributed by atoms with Gasteiger partial charge >= 0.3 is 19.5 Å². The van der Waals surface area contributed by atoms with Gasteiger partial charge in [-0.15, -0.1) is 5.10 Å². The number of aromatic nitrogens is 6. The molecule has 2 aliphatic heterocycles. The normalized spacial score (nSPS) is 29.9. The zero-order valence-corrected chi connectivity index (χ0v) is 27.5. The first-order valence-electron chi connectivity index (χ1n) is 15.2. The zero-order valence-electron chi connectivity index (χ0n) is 26.6. The van der Waals surface area contributed by atoms with Gasteiger partial charge < -0.3 is 61.2 Å². The van der Waals surface area contributed by atoms with E-state index in [0.717, 1.165) is 15.4 Å². The molecule has 0 aliphatic carbocycles. The molecule has 0 radical (unpaired) electrons. The quantitative estimate of drug-likeness (QED) is 0.0688. The average molecular weight is 759 g/mol. The minimum Gasteiger partial charge on any atom is -0.477 e. The number of pyridine rings is 1. The smallest absolute Gasteiger partial charge is 0.475 e. The fourth-order valence-electron chi connectivity index (χ4n) is 5.48. The predicted molar refractivity (Wildman–Crippen MR) is 166 cm³/mol. The second-order valence-electron chi connectivity index (χ2n) is 11.7. The Morgan fingerprint density at radius 3 is 2.62 bits per heavy atom. The van der Waals surface area contributed by atoms with Crippen molar-refractivity contribution in [1.82, 2.24) is 34.8 Å². The molecule has 1 unspecified atom stereocenters. The maximum Gasteiger partial charge on any atom is 0.475 e. The van der Waals surface area contributed by atoms with E-state index < -0.39 is 112 Å². The second kappa shape index (κ2) is 15.7. The van der Waals surface area contributed by atoms with E-state index in [-0.39, 0.29) is 5.82 Å². The van der Waals surface area contributed by atoms with Crippen molar-refractivity contribution in [2.24, 2.45) is 0 Å². The number of nitrogen functional groups attached to an aromatic ring is 1. The lowest BCUT2D eigenvalue weighted by Crippen LogP contribution is -2.68. The van der Waals surface area contributed by atoms with Gasteiger partial charge in [0.05, 0.1) is 31.6 Å². The molecule has 52 heavy (non-hydrogen) atoms. The molecule has 2 fully saturated rings. The fraction of sp³-hybridized carbons (Fsp3) is 0.519. The highest BCUT2D eigenvalue weighted by molar-refractivity contribution is 7.47. The number of hydrogen-bond acceptors (Lipinski definition) is 19. The topological polar surface area (TPSA) is 367 Å². The number of phosphoric acid groups is 1. The van der Waals surface area contributed by atoms with Crippen LogP contribution in [0, 0.1) is 0 Å². The van der Waals surface area contributed by atoms with Crippen molar-refractivity contribution < 1.29 is 73.3 Å². The van der Waals surface area contributed by atoms with E-state index in [1.807, 2.05) is 0 Å². The van der Waals surface area contributed by atoms with Gasteiger partial charge in [-0.3, -0.25) is 18.9 Å². The largest absolute Gasteiger partial charge is 0.477 e. The van der Waals surface area contributed by atoms with Crippen molar-refractivity contribution in [3.8, 4) is 11.3 Å². The van der Waals surface area contributed by atoms with Crippen LogP contribution >= 0.6 is 7.82 Å². The van der Waals surface area contributed by atoms with Crippen LogP contribution in [0.15, 0.2) is 47.8 Å². The van der Waals surface area contributed by atoms with Gasteiger partial charge in [0.1, 0.15) is 54.7 Å². The fourth-order valence-corrected chi connectivity index (χ4v) is 6.44. The molecule has 5 rings (SSSR count). The van der Waals surface area contributed by atoms with Gasteiger partial charge in [0.25, 0.3) is 5.79 Å². The van der Waals surface area contributed by atoms with E-state index in [1.165, 1.54) is 18.5 Å². The minimum atomic E-state index is -5.61. The molecular formula is C27H35N8O16P. The number of carbonyl (C=O) groups is 2. The number of hydrogen-bond donors (Lipinski definition) is 10. The lowest BCUT2D eigenvalue weighted by Gasteiger charge is -2.46. The van der Waals surface area contributed by atoms with Gasteiger partial charge in [-0.2, -0.15) is 4.98 Å². The summed E-state index contributed by atoms with van der Waals surface area (Å²) in [4.78, 5) is 55.7. The first-order valence-corrected chi connectivity index (χ1v) is 16.7. The monoisotopic (exact) mass is 758 g/mol. The SMILES string of the molecule is Nc1ccn([C@@H]2O[C@H](COP(=O)(O)O[C@@]3(C(=O)O)C[C@H](O)[C@@H](NC(=O)Cn4cc(-c5cccnc5)nn4)[C@H]([C@H](O)[C@H](O)CO)O3)[C@@H](O)[C@H]2O)c(=O)n1. The number of carboxylic acids is 1. The zero-order chi connectivity index (χ0) is 38.0. The number of carbonyl (C=O) groups excluding carboxylic acids is 1. The van der Waals surface area contributed by atoms with Crippen LogP contribution in [-0.4, -0.2) is 150 Å². The maximum absolute atomic E-state index is 13.1. The number of anilines is 1. The Labute approximate surface area is 291 Å². The summed E-state index contributed by atoms with van der Waals surface area (Å²) in [6.07, 6.45) is -10.8. The summed E-state index contributed by atoms with van der Waals surface area (Å²) in [7, 11) is -5.61. The highest BCUT2D eigenvalue weighted by atomic mass is 31.2. The molecule has 11 atom stereocenters. The van der Waals surface area contributed by atoms with E-state index in [4.69, 9.17) is 24.3 Å². The van der Waals surface area contributed by atoms with E-state index >= 15 is 0 Å². The molecular weight excluding hydrogens is 723 g/mol. The number of amides is 1. The molecule has 5 heterocycles. The Hall–Kier alpha value is -4.30. The molecule has 0 bridgehead atoms. The van der Waals surface area contributed by atoms with E-state index in [2.05, 4.69) is 25.6 Å². The molecule has 0 spiro atoms. The van der Waals surface area contributed by atoms with Crippen molar-refractivity contribution in [2.45, 2.75) is 73.8 Å². The summed E-state index contributed by atoms with van der Waals surface area (Å²) >= 11 is 0. The number of nitrogens with one attached hydrogen (secondary N) is 1. The molecule has 284 valence electrons. The maximum atomic E-state index is 13.1. The first kappa shape index (κ1) is 38.9. The highest BCUT2D eigenvalue weighted by Crippen LogP contribution is 2.51. The van der Waals surface area contributed by atoms with Gasteiger partial charge in [0, 0.05) is 30.6 Å². The Balaban J connectivity index is 1.29. The highest BCUT2D eigenvalue weighted by Gasteiger charge is 2.59. The average Bonchev–Trinajstić information content (AvgIpc) is 3.67. The van der Waals surface area contributed by atoms with Crippen molar-refractivity contribution in [3.63, 3.8) is 0 Å². The third kappa shape index (κ3) is 8.49. The van der Waals surface area contributed by atoms with E-state index in [1.54, 1.807) is 18.3 Å². The first-order chi connectivity index (χ1) is 24.5.